The number of nitrogens with two attached hydrogens (primary N) is 1. The highest BCUT2D eigenvalue weighted by Gasteiger charge is 2.27. The van der Waals surface area contributed by atoms with Crippen molar-refractivity contribution in [3.63, 3.8) is 0 Å². The van der Waals surface area contributed by atoms with Gasteiger partial charge in [-0.15, -0.1) is 0 Å². The van der Waals surface area contributed by atoms with Crippen LogP contribution in [-0.4, -0.2) is 24.0 Å². The Bertz CT molecular complexity index is 513. The fraction of sp³-hybridized carbons (Fsp3) is 0.529. The van der Waals surface area contributed by atoms with E-state index in [2.05, 4.69) is 30.6 Å². The first-order valence-corrected chi connectivity index (χ1v) is 7.33. The maximum atomic E-state index is 13.4. The highest BCUT2D eigenvalue weighted by atomic mass is 19.1. The molecule has 20 heavy (non-hydrogen) atoms. The van der Waals surface area contributed by atoms with Crippen LogP contribution in [0.25, 0.3) is 0 Å². The molecule has 3 heteroatoms. The van der Waals surface area contributed by atoms with Gasteiger partial charge in [0.2, 0.25) is 0 Å². The van der Waals surface area contributed by atoms with Crippen LogP contribution in [0.5, 0.6) is 0 Å². The molecule has 108 valence electrons. The fourth-order valence-electron chi connectivity index (χ4n) is 2.97. The number of halogens is 1. The van der Waals surface area contributed by atoms with Gasteiger partial charge < -0.3 is 5.73 Å². The molecule has 2 nitrogen and oxygen atoms in total. The van der Waals surface area contributed by atoms with E-state index in [9.17, 15) is 4.39 Å². The van der Waals surface area contributed by atoms with E-state index in [0.717, 1.165) is 24.2 Å². The molecule has 0 amide bonds. The smallest absolute Gasteiger partial charge is 0.124 e. The van der Waals surface area contributed by atoms with Gasteiger partial charge in [0.25, 0.3) is 0 Å². The number of hydrogen-bond acceptors (Lipinski definition) is 2. The number of benzene rings is 1. The molecule has 2 N–H and O–H groups in total. The first-order valence-electron chi connectivity index (χ1n) is 7.33. The van der Waals surface area contributed by atoms with E-state index < -0.39 is 0 Å². The average Bonchev–Trinajstić information content (AvgIpc) is 2.87. The van der Waals surface area contributed by atoms with E-state index in [4.69, 9.17) is 5.73 Å². The Kier molecular flexibility index (Phi) is 5.17. The third-order valence-corrected chi connectivity index (χ3v) is 3.95. The number of nitrogens with zero attached hydrogens (tertiary/aromatic N) is 1. The predicted molar refractivity (Wildman–Crippen MR) is 80.6 cm³/mol. The molecule has 1 aliphatic heterocycles. The molecule has 1 aromatic rings. The number of rotatable bonds is 3. The molecule has 1 atom stereocenters. The second-order valence-electron chi connectivity index (χ2n) is 5.73. The van der Waals surface area contributed by atoms with Crippen LogP contribution >= 0.6 is 0 Å². The summed E-state index contributed by atoms with van der Waals surface area (Å²) < 4.78 is 13.4. The van der Waals surface area contributed by atoms with Gasteiger partial charge in [-0.3, -0.25) is 4.90 Å². The van der Waals surface area contributed by atoms with Gasteiger partial charge in [-0.25, -0.2) is 4.39 Å². The summed E-state index contributed by atoms with van der Waals surface area (Å²) in [6, 6.07) is 5.50. The molecule has 0 aliphatic carbocycles. The molecule has 0 radical (unpaired) electrons. The van der Waals surface area contributed by atoms with Crippen molar-refractivity contribution in [2.75, 3.05) is 13.1 Å². The molecule has 0 aromatic heterocycles. The van der Waals surface area contributed by atoms with Crippen molar-refractivity contribution in [1.82, 2.24) is 4.90 Å². The standard InChI is InChI=1S/C17H23FN2/c1-13(2)17-6-4-10-20(17)12-15-7-8-16(18)11-14(15)5-3-9-19/h7-8,11,13,17H,4,6,9-10,12,19H2,1-2H3. The summed E-state index contributed by atoms with van der Waals surface area (Å²) >= 11 is 0. The van der Waals surface area contributed by atoms with Gasteiger partial charge in [0.1, 0.15) is 5.82 Å². The maximum Gasteiger partial charge on any atom is 0.124 e. The quantitative estimate of drug-likeness (QED) is 0.859. The first kappa shape index (κ1) is 15.0. The van der Waals surface area contributed by atoms with Gasteiger partial charge >= 0.3 is 0 Å². The van der Waals surface area contributed by atoms with Crippen molar-refractivity contribution in [2.24, 2.45) is 11.7 Å². The lowest BCUT2D eigenvalue weighted by Crippen LogP contribution is -2.33. The molecular formula is C17H23FN2. The van der Waals surface area contributed by atoms with Gasteiger partial charge in [-0.05, 0) is 43.0 Å². The Morgan fingerprint density at radius 1 is 1.45 bits per heavy atom. The lowest BCUT2D eigenvalue weighted by atomic mass is 10.0. The average molecular weight is 274 g/mol. The highest BCUT2D eigenvalue weighted by molar-refractivity contribution is 5.42. The zero-order valence-electron chi connectivity index (χ0n) is 12.3. The van der Waals surface area contributed by atoms with Crippen LogP contribution in [-0.2, 0) is 6.54 Å². The Balaban J connectivity index is 2.20. The van der Waals surface area contributed by atoms with Crippen molar-refractivity contribution in [3.05, 3.63) is 35.1 Å². The molecule has 0 saturated carbocycles. The lowest BCUT2D eigenvalue weighted by molar-refractivity contribution is 0.198. The molecular weight excluding hydrogens is 251 g/mol. The highest BCUT2D eigenvalue weighted by Crippen LogP contribution is 2.26. The van der Waals surface area contributed by atoms with Crippen molar-refractivity contribution < 1.29 is 4.39 Å². The number of hydrogen-bond donors (Lipinski definition) is 1. The minimum atomic E-state index is -0.239. The molecule has 1 aromatic carbocycles. The van der Waals surface area contributed by atoms with Gasteiger partial charge in [0.05, 0.1) is 6.54 Å². The monoisotopic (exact) mass is 274 g/mol. The molecule has 1 aliphatic rings. The molecule has 0 spiro atoms. The van der Waals surface area contributed by atoms with Crippen molar-refractivity contribution in [1.29, 1.82) is 0 Å². The fourth-order valence-corrected chi connectivity index (χ4v) is 2.97. The topological polar surface area (TPSA) is 29.3 Å². The Hall–Kier alpha value is -1.37. The SMILES string of the molecule is CC(C)C1CCCN1Cc1ccc(F)cc1C#CCN. The maximum absolute atomic E-state index is 13.4. The van der Waals surface area contributed by atoms with E-state index >= 15 is 0 Å². The van der Waals surface area contributed by atoms with E-state index in [0.29, 0.717) is 18.5 Å². The Labute approximate surface area is 121 Å². The summed E-state index contributed by atoms with van der Waals surface area (Å²) in [7, 11) is 0. The molecule has 0 bridgehead atoms. The van der Waals surface area contributed by atoms with E-state index in [-0.39, 0.29) is 5.82 Å². The zero-order valence-corrected chi connectivity index (χ0v) is 12.3. The van der Waals surface area contributed by atoms with Crippen LogP contribution in [0.4, 0.5) is 4.39 Å². The minimum Gasteiger partial charge on any atom is -0.320 e. The van der Waals surface area contributed by atoms with Crippen molar-refractivity contribution >= 4 is 0 Å². The third kappa shape index (κ3) is 3.59. The molecule has 1 unspecified atom stereocenters. The summed E-state index contributed by atoms with van der Waals surface area (Å²) in [6.45, 7) is 6.79. The van der Waals surface area contributed by atoms with E-state index in [1.54, 1.807) is 0 Å². The van der Waals surface area contributed by atoms with Crippen LogP contribution in [0.3, 0.4) is 0 Å². The normalized spacial score (nSPS) is 19.1. The molecule has 1 heterocycles. The Morgan fingerprint density at radius 3 is 2.95 bits per heavy atom. The summed E-state index contributed by atoms with van der Waals surface area (Å²) in [6.07, 6.45) is 2.50. The molecule has 1 saturated heterocycles. The van der Waals surface area contributed by atoms with Crippen LogP contribution < -0.4 is 5.73 Å². The second kappa shape index (κ2) is 6.88. The largest absolute Gasteiger partial charge is 0.320 e. The van der Waals surface area contributed by atoms with E-state index in [1.807, 2.05) is 6.07 Å². The van der Waals surface area contributed by atoms with E-state index in [1.165, 1.54) is 25.0 Å². The van der Waals surface area contributed by atoms with Crippen molar-refractivity contribution in [2.45, 2.75) is 39.3 Å². The zero-order chi connectivity index (χ0) is 14.5. The van der Waals surface area contributed by atoms with Gasteiger partial charge in [-0.2, -0.15) is 0 Å². The summed E-state index contributed by atoms with van der Waals surface area (Å²) in [4.78, 5) is 2.49. The second-order valence-corrected chi connectivity index (χ2v) is 5.73. The van der Waals surface area contributed by atoms with Crippen LogP contribution in [0.15, 0.2) is 18.2 Å². The molecule has 1 fully saturated rings. The first-order chi connectivity index (χ1) is 9.61. The Morgan fingerprint density at radius 2 is 2.25 bits per heavy atom. The van der Waals surface area contributed by atoms with Crippen LogP contribution in [0.2, 0.25) is 0 Å². The van der Waals surface area contributed by atoms with Gasteiger partial charge in [-0.1, -0.05) is 31.8 Å². The summed E-state index contributed by atoms with van der Waals surface area (Å²) in [5.41, 5.74) is 7.28. The molecule has 2 rings (SSSR count). The summed E-state index contributed by atoms with van der Waals surface area (Å²) in [5.74, 6) is 6.22. The van der Waals surface area contributed by atoms with Gasteiger partial charge in [0, 0.05) is 18.2 Å². The minimum absolute atomic E-state index is 0.239. The van der Waals surface area contributed by atoms with Crippen LogP contribution in [0.1, 0.15) is 37.8 Å². The third-order valence-electron chi connectivity index (χ3n) is 3.95. The lowest BCUT2D eigenvalue weighted by Gasteiger charge is -2.28. The summed E-state index contributed by atoms with van der Waals surface area (Å²) in [5, 5.41) is 0. The van der Waals surface area contributed by atoms with Crippen LogP contribution in [0, 0.1) is 23.6 Å². The van der Waals surface area contributed by atoms with Gasteiger partial charge in [0.15, 0.2) is 0 Å². The number of likely N-dealkylation sites (tertiary alicyclic amines) is 1. The predicted octanol–water partition coefficient (Wildman–Crippen LogP) is 2.76. The van der Waals surface area contributed by atoms with Crippen molar-refractivity contribution in [3.8, 4) is 11.8 Å².